The van der Waals surface area contributed by atoms with Gasteiger partial charge in [0.2, 0.25) is 0 Å². The number of rotatable bonds is 8. The highest BCUT2D eigenvalue weighted by Gasteiger charge is 2.10. The molecule has 3 aromatic rings. The van der Waals surface area contributed by atoms with Crippen LogP contribution in [0, 0.1) is 0 Å². The first-order valence-corrected chi connectivity index (χ1v) is 9.18. The number of para-hydroxylation sites is 2. The maximum atomic E-state index is 12.5. The van der Waals surface area contributed by atoms with Gasteiger partial charge in [0, 0.05) is 11.9 Å². The van der Waals surface area contributed by atoms with E-state index in [-0.39, 0.29) is 5.91 Å². The molecule has 0 radical (unpaired) electrons. The van der Waals surface area contributed by atoms with E-state index in [0.717, 1.165) is 11.4 Å². The van der Waals surface area contributed by atoms with E-state index in [1.165, 1.54) is 6.20 Å². The minimum atomic E-state index is -0.243. The third-order valence-corrected chi connectivity index (χ3v) is 3.90. The number of amides is 1. The standard InChI is InChI=1S/C22H23N3O3/c1-3-27-18-12-10-17(11-13-18)24-21-14-9-16(15-23-21)22(26)25-19-7-5-6-8-20(19)28-4-2/h5-15H,3-4H2,1-2H3,(H,23,24)(H,25,26). The van der Waals surface area contributed by atoms with Crippen molar-refractivity contribution in [2.75, 3.05) is 23.8 Å². The number of hydrogen-bond donors (Lipinski definition) is 2. The van der Waals surface area contributed by atoms with Gasteiger partial charge in [0.25, 0.3) is 5.91 Å². The minimum Gasteiger partial charge on any atom is -0.494 e. The maximum absolute atomic E-state index is 12.5. The van der Waals surface area contributed by atoms with Crippen molar-refractivity contribution in [3.8, 4) is 11.5 Å². The zero-order chi connectivity index (χ0) is 19.8. The molecule has 0 aliphatic rings. The molecule has 28 heavy (non-hydrogen) atoms. The van der Waals surface area contributed by atoms with Crippen LogP contribution in [-0.4, -0.2) is 24.1 Å². The molecule has 0 spiro atoms. The molecular weight excluding hydrogens is 354 g/mol. The summed E-state index contributed by atoms with van der Waals surface area (Å²) in [5, 5.41) is 6.06. The van der Waals surface area contributed by atoms with E-state index >= 15 is 0 Å². The Bertz CT molecular complexity index is 909. The molecule has 1 heterocycles. The fourth-order valence-electron chi connectivity index (χ4n) is 2.60. The van der Waals surface area contributed by atoms with Crippen molar-refractivity contribution in [2.45, 2.75) is 13.8 Å². The van der Waals surface area contributed by atoms with Crippen molar-refractivity contribution in [2.24, 2.45) is 0 Å². The van der Waals surface area contributed by atoms with Crippen molar-refractivity contribution in [3.63, 3.8) is 0 Å². The smallest absolute Gasteiger partial charge is 0.257 e. The van der Waals surface area contributed by atoms with Gasteiger partial charge in [-0.05, 0) is 62.4 Å². The fourth-order valence-corrected chi connectivity index (χ4v) is 2.60. The lowest BCUT2D eigenvalue weighted by Gasteiger charge is -2.11. The molecule has 0 aliphatic carbocycles. The van der Waals surface area contributed by atoms with E-state index in [1.54, 1.807) is 18.2 Å². The monoisotopic (exact) mass is 377 g/mol. The molecule has 3 rings (SSSR count). The normalized spacial score (nSPS) is 10.2. The predicted molar refractivity (Wildman–Crippen MR) is 111 cm³/mol. The van der Waals surface area contributed by atoms with Gasteiger partial charge in [-0.2, -0.15) is 0 Å². The largest absolute Gasteiger partial charge is 0.494 e. The molecule has 1 aromatic heterocycles. The van der Waals surface area contributed by atoms with Crippen LogP contribution in [0.4, 0.5) is 17.2 Å². The Morgan fingerprint density at radius 2 is 1.68 bits per heavy atom. The van der Waals surface area contributed by atoms with Crippen LogP contribution in [0.2, 0.25) is 0 Å². The van der Waals surface area contributed by atoms with Crippen LogP contribution in [0.5, 0.6) is 11.5 Å². The molecule has 2 aromatic carbocycles. The molecule has 0 saturated carbocycles. The van der Waals surface area contributed by atoms with E-state index < -0.39 is 0 Å². The van der Waals surface area contributed by atoms with Crippen molar-refractivity contribution >= 4 is 23.1 Å². The average Bonchev–Trinajstić information content (AvgIpc) is 2.72. The van der Waals surface area contributed by atoms with Crippen molar-refractivity contribution < 1.29 is 14.3 Å². The van der Waals surface area contributed by atoms with Crippen molar-refractivity contribution in [3.05, 3.63) is 72.4 Å². The first-order valence-electron chi connectivity index (χ1n) is 9.18. The van der Waals surface area contributed by atoms with E-state index in [0.29, 0.717) is 36.0 Å². The molecule has 144 valence electrons. The van der Waals surface area contributed by atoms with Crippen LogP contribution in [0.1, 0.15) is 24.2 Å². The number of benzene rings is 2. The fraction of sp³-hybridized carbons (Fsp3) is 0.182. The zero-order valence-corrected chi connectivity index (χ0v) is 15.9. The summed E-state index contributed by atoms with van der Waals surface area (Å²) in [6, 6.07) is 18.4. The van der Waals surface area contributed by atoms with E-state index in [4.69, 9.17) is 9.47 Å². The number of carbonyl (C=O) groups is 1. The van der Waals surface area contributed by atoms with Crippen LogP contribution in [0.25, 0.3) is 0 Å². The number of nitrogens with one attached hydrogen (secondary N) is 2. The molecule has 0 saturated heterocycles. The van der Waals surface area contributed by atoms with Crippen LogP contribution >= 0.6 is 0 Å². The van der Waals surface area contributed by atoms with Crippen LogP contribution < -0.4 is 20.1 Å². The third kappa shape index (κ3) is 5.01. The number of ether oxygens (including phenoxy) is 2. The molecule has 2 N–H and O–H groups in total. The molecule has 6 heteroatoms. The summed E-state index contributed by atoms with van der Waals surface area (Å²) in [7, 11) is 0. The number of pyridine rings is 1. The Morgan fingerprint density at radius 1 is 0.929 bits per heavy atom. The zero-order valence-electron chi connectivity index (χ0n) is 15.9. The number of anilines is 3. The molecule has 0 unspecified atom stereocenters. The van der Waals surface area contributed by atoms with E-state index in [9.17, 15) is 4.79 Å². The van der Waals surface area contributed by atoms with Gasteiger partial charge in [0.05, 0.1) is 24.5 Å². The second-order valence-electron chi connectivity index (χ2n) is 5.90. The van der Waals surface area contributed by atoms with E-state index in [1.807, 2.05) is 56.3 Å². The van der Waals surface area contributed by atoms with Crippen LogP contribution in [0.3, 0.4) is 0 Å². The summed E-state index contributed by atoms with van der Waals surface area (Å²) in [5.74, 6) is 1.86. The Kier molecular flexibility index (Phi) is 6.46. The molecule has 1 amide bonds. The number of aromatic nitrogens is 1. The average molecular weight is 377 g/mol. The van der Waals surface area contributed by atoms with Crippen LogP contribution in [-0.2, 0) is 0 Å². The molecule has 0 fully saturated rings. The summed E-state index contributed by atoms with van der Waals surface area (Å²) in [4.78, 5) is 16.8. The minimum absolute atomic E-state index is 0.243. The van der Waals surface area contributed by atoms with E-state index in [2.05, 4.69) is 15.6 Å². The molecule has 6 nitrogen and oxygen atoms in total. The SMILES string of the molecule is CCOc1ccc(Nc2ccc(C(=O)Nc3ccccc3OCC)cn2)cc1. The summed E-state index contributed by atoms with van der Waals surface area (Å²) in [6.45, 7) is 5.01. The number of carbonyl (C=O) groups excluding carboxylic acids is 1. The van der Waals surface area contributed by atoms with Gasteiger partial charge >= 0.3 is 0 Å². The lowest BCUT2D eigenvalue weighted by atomic mass is 10.2. The first-order chi connectivity index (χ1) is 13.7. The van der Waals surface area contributed by atoms with Gasteiger partial charge < -0.3 is 20.1 Å². The molecular formula is C22H23N3O3. The summed E-state index contributed by atoms with van der Waals surface area (Å²) in [6.07, 6.45) is 1.54. The Labute approximate surface area is 164 Å². The Morgan fingerprint density at radius 3 is 2.36 bits per heavy atom. The predicted octanol–water partition coefficient (Wildman–Crippen LogP) is 4.87. The molecule has 0 aliphatic heterocycles. The maximum Gasteiger partial charge on any atom is 0.257 e. The van der Waals surface area contributed by atoms with Crippen LogP contribution in [0.15, 0.2) is 66.9 Å². The highest BCUT2D eigenvalue weighted by atomic mass is 16.5. The topological polar surface area (TPSA) is 72.5 Å². The van der Waals surface area contributed by atoms with Gasteiger partial charge in [0.1, 0.15) is 17.3 Å². The molecule has 0 atom stereocenters. The van der Waals surface area contributed by atoms with Gasteiger partial charge in [-0.3, -0.25) is 4.79 Å². The third-order valence-electron chi connectivity index (χ3n) is 3.90. The lowest BCUT2D eigenvalue weighted by molar-refractivity contribution is 0.102. The van der Waals surface area contributed by atoms with Gasteiger partial charge in [0.15, 0.2) is 0 Å². The highest BCUT2D eigenvalue weighted by Crippen LogP contribution is 2.24. The summed E-state index contributed by atoms with van der Waals surface area (Å²) < 4.78 is 11.0. The molecule has 0 bridgehead atoms. The van der Waals surface area contributed by atoms with Gasteiger partial charge in [-0.15, -0.1) is 0 Å². The Hall–Kier alpha value is -3.54. The lowest BCUT2D eigenvalue weighted by Crippen LogP contribution is -2.13. The van der Waals surface area contributed by atoms with Gasteiger partial charge in [-0.25, -0.2) is 4.98 Å². The Balaban J connectivity index is 1.64. The first kappa shape index (κ1) is 19.2. The second-order valence-corrected chi connectivity index (χ2v) is 5.90. The summed E-state index contributed by atoms with van der Waals surface area (Å²) in [5.41, 5.74) is 1.98. The van der Waals surface area contributed by atoms with Crippen molar-refractivity contribution in [1.82, 2.24) is 4.98 Å². The number of nitrogens with zero attached hydrogens (tertiary/aromatic N) is 1. The quantitative estimate of drug-likeness (QED) is 0.586. The number of hydrogen-bond acceptors (Lipinski definition) is 5. The van der Waals surface area contributed by atoms with Crippen molar-refractivity contribution in [1.29, 1.82) is 0 Å². The van der Waals surface area contributed by atoms with Gasteiger partial charge in [-0.1, -0.05) is 12.1 Å². The summed E-state index contributed by atoms with van der Waals surface area (Å²) >= 11 is 0. The second kappa shape index (κ2) is 9.41. The highest BCUT2D eigenvalue weighted by molar-refractivity contribution is 6.04.